The number of carbonyl (C=O) groups is 1. The van der Waals surface area contributed by atoms with Crippen LogP contribution in [0.4, 0.5) is 11.4 Å². The zero-order valence-corrected chi connectivity index (χ0v) is 17.7. The molecule has 160 valence electrons. The molecule has 2 aliphatic heterocycles. The highest BCUT2D eigenvalue weighted by atomic mass is 16.6. The Hall–Kier alpha value is -2.74. The molecule has 2 fully saturated rings. The molecule has 2 unspecified atom stereocenters. The van der Waals surface area contributed by atoms with Crippen LogP contribution in [0.2, 0.25) is 0 Å². The van der Waals surface area contributed by atoms with Crippen molar-refractivity contribution in [2.24, 2.45) is 11.8 Å². The second-order valence-electron chi connectivity index (χ2n) is 8.77. The highest BCUT2D eigenvalue weighted by Crippen LogP contribution is 2.35. The zero-order chi connectivity index (χ0) is 21.3. The van der Waals surface area contributed by atoms with Crippen molar-refractivity contribution < 1.29 is 9.72 Å². The number of likely N-dealkylation sites (tertiary alicyclic amines) is 1. The number of rotatable bonds is 4. The Kier molecular flexibility index (Phi) is 5.85. The Balaban J connectivity index is 1.42. The van der Waals surface area contributed by atoms with Gasteiger partial charge in [0.15, 0.2) is 0 Å². The number of nitro benzene ring substituents is 1. The van der Waals surface area contributed by atoms with Crippen LogP contribution in [0.3, 0.4) is 0 Å². The number of nitrogens with zero attached hydrogens (tertiary/aromatic N) is 5. The summed E-state index contributed by atoms with van der Waals surface area (Å²) in [5.74, 6) is 1.31. The summed E-state index contributed by atoms with van der Waals surface area (Å²) in [7, 11) is 0. The first kappa shape index (κ1) is 20.5. The molecule has 2 aromatic rings. The Bertz CT molecular complexity index is 932. The lowest BCUT2D eigenvalue weighted by molar-refractivity contribution is -0.382. The molecule has 1 aromatic heterocycles. The van der Waals surface area contributed by atoms with Crippen LogP contribution in [0.5, 0.6) is 0 Å². The van der Waals surface area contributed by atoms with Gasteiger partial charge in [-0.1, -0.05) is 13.8 Å². The number of piperazine rings is 1. The van der Waals surface area contributed by atoms with Crippen molar-refractivity contribution in [3.8, 4) is 0 Å². The number of anilines is 1. The third kappa shape index (κ3) is 4.23. The van der Waals surface area contributed by atoms with E-state index < -0.39 is 0 Å². The van der Waals surface area contributed by atoms with Crippen LogP contribution in [0.1, 0.15) is 20.3 Å². The average Bonchev–Trinajstić information content (AvgIpc) is 2.72. The summed E-state index contributed by atoms with van der Waals surface area (Å²) in [4.78, 5) is 34.7. The SMILES string of the molecule is CC1CC(C)CN(C(=O)CN2CCN(c3ccc4ncccc4c3[N+](=O)[O-])CC2)C1. The smallest absolute Gasteiger partial charge is 0.301 e. The number of carbonyl (C=O) groups excluding carboxylic acids is 1. The van der Waals surface area contributed by atoms with Gasteiger partial charge in [-0.05, 0) is 42.5 Å². The first-order chi connectivity index (χ1) is 14.4. The van der Waals surface area contributed by atoms with Gasteiger partial charge in [0.25, 0.3) is 0 Å². The third-order valence-corrected chi connectivity index (χ3v) is 6.21. The Morgan fingerprint density at radius 2 is 1.83 bits per heavy atom. The number of piperidine rings is 1. The van der Waals surface area contributed by atoms with Gasteiger partial charge in [0.05, 0.1) is 22.4 Å². The molecule has 0 N–H and O–H groups in total. The molecule has 8 heteroatoms. The molecule has 2 saturated heterocycles. The van der Waals surface area contributed by atoms with Crippen molar-refractivity contribution in [2.45, 2.75) is 20.3 Å². The number of hydrogen-bond donors (Lipinski definition) is 0. The van der Waals surface area contributed by atoms with Crippen molar-refractivity contribution in [1.29, 1.82) is 0 Å². The quantitative estimate of drug-likeness (QED) is 0.568. The van der Waals surface area contributed by atoms with Crippen LogP contribution in [0.25, 0.3) is 10.9 Å². The third-order valence-electron chi connectivity index (χ3n) is 6.21. The molecular formula is C22H29N5O3. The van der Waals surface area contributed by atoms with Gasteiger partial charge < -0.3 is 9.80 Å². The van der Waals surface area contributed by atoms with Gasteiger partial charge in [0, 0.05) is 45.5 Å². The summed E-state index contributed by atoms with van der Waals surface area (Å²) in [6, 6.07) is 7.11. The average molecular weight is 412 g/mol. The van der Waals surface area contributed by atoms with E-state index in [1.807, 2.05) is 11.0 Å². The molecule has 30 heavy (non-hydrogen) atoms. The molecule has 1 aromatic carbocycles. The van der Waals surface area contributed by atoms with E-state index in [-0.39, 0.29) is 16.5 Å². The molecule has 2 atom stereocenters. The lowest BCUT2D eigenvalue weighted by atomic mass is 9.92. The van der Waals surface area contributed by atoms with E-state index in [9.17, 15) is 14.9 Å². The maximum atomic E-state index is 12.8. The van der Waals surface area contributed by atoms with Crippen LogP contribution in [-0.2, 0) is 4.79 Å². The van der Waals surface area contributed by atoms with Gasteiger partial charge in [-0.25, -0.2) is 0 Å². The molecule has 0 bridgehead atoms. The van der Waals surface area contributed by atoms with Gasteiger partial charge in [-0.15, -0.1) is 0 Å². The number of aromatic nitrogens is 1. The standard InChI is InChI=1S/C22H29N5O3/c1-16-12-17(2)14-26(13-16)21(28)15-24-8-10-25(11-9-24)20-6-5-19-18(4-3-7-23-19)22(20)27(29)30/h3-7,16-17H,8-15H2,1-2H3. The maximum absolute atomic E-state index is 12.8. The predicted octanol–water partition coefficient (Wildman–Crippen LogP) is 2.77. The summed E-state index contributed by atoms with van der Waals surface area (Å²) in [5, 5.41) is 12.4. The van der Waals surface area contributed by atoms with E-state index in [0.29, 0.717) is 61.1 Å². The molecular weight excluding hydrogens is 382 g/mol. The second kappa shape index (κ2) is 8.55. The number of amides is 1. The molecule has 0 saturated carbocycles. The van der Waals surface area contributed by atoms with Crippen molar-refractivity contribution in [3.63, 3.8) is 0 Å². The first-order valence-electron chi connectivity index (χ1n) is 10.7. The molecule has 0 spiro atoms. The van der Waals surface area contributed by atoms with Gasteiger partial charge >= 0.3 is 5.69 Å². The minimum absolute atomic E-state index is 0.112. The van der Waals surface area contributed by atoms with E-state index in [4.69, 9.17) is 0 Å². The minimum Gasteiger partial charge on any atom is -0.363 e. The highest BCUT2D eigenvalue weighted by molar-refractivity contribution is 5.94. The van der Waals surface area contributed by atoms with E-state index in [1.165, 1.54) is 6.42 Å². The van der Waals surface area contributed by atoms with Crippen LogP contribution in [0.15, 0.2) is 30.5 Å². The van der Waals surface area contributed by atoms with Gasteiger partial charge in [0.2, 0.25) is 5.91 Å². The van der Waals surface area contributed by atoms with Crippen molar-refractivity contribution >= 4 is 28.2 Å². The van der Waals surface area contributed by atoms with E-state index >= 15 is 0 Å². The maximum Gasteiger partial charge on any atom is 0.301 e. The molecule has 0 aliphatic carbocycles. The molecule has 0 radical (unpaired) electrons. The first-order valence-corrected chi connectivity index (χ1v) is 10.7. The number of hydrogen-bond acceptors (Lipinski definition) is 6. The lowest BCUT2D eigenvalue weighted by Crippen LogP contribution is -2.52. The number of fused-ring (bicyclic) bond motifs is 1. The fraction of sp³-hybridized carbons (Fsp3) is 0.545. The Morgan fingerprint density at radius 1 is 1.13 bits per heavy atom. The van der Waals surface area contributed by atoms with Crippen LogP contribution in [0, 0.1) is 22.0 Å². The number of nitro groups is 1. The highest BCUT2D eigenvalue weighted by Gasteiger charge is 2.29. The van der Waals surface area contributed by atoms with Crippen molar-refractivity contribution in [2.75, 3.05) is 50.7 Å². The Labute approximate surface area is 176 Å². The van der Waals surface area contributed by atoms with Gasteiger partial charge in [0.1, 0.15) is 5.69 Å². The largest absolute Gasteiger partial charge is 0.363 e. The van der Waals surface area contributed by atoms with Gasteiger partial charge in [-0.2, -0.15) is 0 Å². The van der Waals surface area contributed by atoms with Gasteiger partial charge in [-0.3, -0.25) is 24.8 Å². The topological polar surface area (TPSA) is 82.8 Å². The van der Waals surface area contributed by atoms with Crippen molar-refractivity contribution in [1.82, 2.24) is 14.8 Å². The van der Waals surface area contributed by atoms with Crippen LogP contribution in [-0.4, -0.2) is 71.4 Å². The summed E-state index contributed by atoms with van der Waals surface area (Å²) >= 11 is 0. The summed E-state index contributed by atoms with van der Waals surface area (Å²) in [6.45, 7) is 9.29. The molecule has 1 amide bonds. The molecule has 4 rings (SSSR count). The zero-order valence-electron chi connectivity index (χ0n) is 17.7. The fourth-order valence-electron chi connectivity index (χ4n) is 4.88. The molecule has 8 nitrogen and oxygen atoms in total. The summed E-state index contributed by atoms with van der Waals surface area (Å²) < 4.78 is 0. The summed E-state index contributed by atoms with van der Waals surface area (Å²) in [6.07, 6.45) is 2.83. The lowest BCUT2D eigenvalue weighted by Gasteiger charge is -2.39. The monoisotopic (exact) mass is 411 g/mol. The van der Waals surface area contributed by atoms with E-state index in [2.05, 4.69) is 28.6 Å². The minimum atomic E-state index is -0.312. The summed E-state index contributed by atoms with van der Waals surface area (Å²) in [5.41, 5.74) is 1.37. The second-order valence-corrected chi connectivity index (χ2v) is 8.77. The Morgan fingerprint density at radius 3 is 2.50 bits per heavy atom. The fourth-order valence-corrected chi connectivity index (χ4v) is 4.88. The molecule has 3 heterocycles. The molecule has 2 aliphatic rings. The number of pyridine rings is 1. The van der Waals surface area contributed by atoms with Crippen LogP contribution >= 0.6 is 0 Å². The van der Waals surface area contributed by atoms with Crippen molar-refractivity contribution in [3.05, 3.63) is 40.6 Å². The normalized spacial score (nSPS) is 23.0. The van der Waals surface area contributed by atoms with E-state index in [0.717, 1.165) is 13.1 Å². The van der Waals surface area contributed by atoms with Crippen LogP contribution < -0.4 is 4.90 Å². The van der Waals surface area contributed by atoms with E-state index in [1.54, 1.807) is 24.4 Å². The number of benzene rings is 1. The predicted molar refractivity (Wildman–Crippen MR) is 117 cm³/mol.